The first-order chi connectivity index (χ1) is 8.99. The first-order valence-electron chi connectivity index (χ1n) is 5.97. The van der Waals surface area contributed by atoms with Gasteiger partial charge in [0.05, 0.1) is 18.0 Å². The van der Waals surface area contributed by atoms with Crippen molar-refractivity contribution in [2.75, 3.05) is 23.7 Å². The molecule has 0 bridgehead atoms. The fraction of sp³-hybridized carbons (Fsp3) is 0.417. The van der Waals surface area contributed by atoms with Crippen LogP contribution in [-0.4, -0.2) is 39.8 Å². The van der Waals surface area contributed by atoms with E-state index >= 15 is 0 Å². The lowest BCUT2D eigenvalue weighted by atomic mass is 10.2. The quantitative estimate of drug-likeness (QED) is 0.869. The summed E-state index contributed by atoms with van der Waals surface area (Å²) in [5.74, 6) is 0.0344. The highest BCUT2D eigenvalue weighted by molar-refractivity contribution is 7.92. The molecule has 0 saturated heterocycles. The van der Waals surface area contributed by atoms with Crippen LogP contribution in [0.2, 0.25) is 0 Å². The van der Waals surface area contributed by atoms with Crippen molar-refractivity contribution in [3.63, 3.8) is 0 Å². The fourth-order valence-electron chi connectivity index (χ4n) is 1.92. The molecule has 6 nitrogen and oxygen atoms in total. The zero-order valence-corrected chi connectivity index (χ0v) is 11.6. The molecule has 2 rings (SSSR count). The number of likely N-dealkylation sites (N-methyl/N-ethyl adjacent to an activating group) is 1. The second-order valence-electron chi connectivity index (χ2n) is 4.12. The maximum absolute atomic E-state index is 12.1. The Balaban J connectivity index is 2.45. The van der Waals surface area contributed by atoms with Gasteiger partial charge in [-0.2, -0.15) is 0 Å². The molecule has 1 aliphatic rings. The van der Waals surface area contributed by atoms with Crippen molar-refractivity contribution in [3.8, 4) is 5.75 Å². The number of benzene rings is 1. The van der Waals surface area contributed by atoms with E-state index in [0.29, 0.717) is 11.4 Å². The van der Waals surface area contributed by atoms with E-state index in [1.165, 1.54) is 11.4 Å². The lowest BCUT2D eigenvalue weighted by molar-refractivity contribution is -0.127. The molecule has 0 saturated carbocycles. The number of carbonyl (C=O) groups is 1. The Morgan fingerprint density at radius 2 is 2.16 bits per heavy atom. The summed E-state index contributed by atoms with van der Waals surface area (Å²) < 4.78 is 31.0. The van der Waals surface area contributed by atoms with Crippen LogP contribution >= 0.6 is 0 Å². The molecule has 19 heavy (non-hydrogen) atoms. The third-order valence-corrected chi connectivity index (χ3v) is 4.72. The van der Waals surface area contributed by atoms with E-state index in [1.54, 1.807) is 31.2 Å². The molecule has 0 aromatic heterocycles. The van der Waals surface area contributed by atoms with Crippen molar-refractivity contribution in [1.82, 2.24) is 5.32 Å². The van der Waals surface area contributed by atoms with Crippen molar-refractivity contribution < 1.29 is 17.9 Å². The number of para-hydroxylation sites is 2. The summed E-state index contributed by atoms with van der Waals surface area (Å²) in [6.07, 6.45) is -0.832. The number of nitrogens with one attached hydrogen (secondary N) is 1. The smallest absolute Gasteiger partial charge is 0.262 e. The molecule has 1 unspecified atom stereocenters. The van der Waals surface area contributed by atoms with Gasteiger partial charge in [0.25, 0.3) is 5.91 Å². The van der Waals surface area contributed by atoms with Crippen LogP contribution in [0.3, 0.4) is 0 Å². The molecule has 0 radical (unpaired) electrons. The number of amides is 1. The van der Waals surface area contributed by atoms with Crippen LogP contribution < -0.4 is 14.4 Å². The van der Waals surface area contributed by atoms with Crippen molar-refractivity contribution in [3.05, 3.63) is 24.3 Å². The molecule has 1 N–H and O–H groups in total. The van der Waals surface area contributed by atoms with Crippen molar-refractivity contribution in [2.45, 2.75) is 13.0 Å². The first-order valence-corrected chi connectivity index (χ1v) is 7.58. The molecule has 0 spiro atoms. The second kappa shape index (κ2) is 5.08. The summed E-state index contributed by atoms with van der Waals surface area (Å²) in [6.45, 7) is 1.56. The Morgan fingerprint density at radius 1 is 1.47 bits per heavy atom. The van der Waals surface area contributed by atoms with Gasteiger partial charge >= 0.3 is 0 Å². The van der Waals surface area contributed by atoms with Crippen LogP contribution in [0.5, 0.6) is 5.75 Å². The minimum absolute atomic E-state index is 0.00708. The minimum atomic E-state index is -3.44. The number of nitrogens with zero attached hydrogens (tertiary/aromatic N) is 1. The minimum Gasteiger partial charge on any atom is -0.476 e. The first kappa shape index (κ1) is 13.7. The highest BCUT2D eigenvalue weighted by Crippen LogP contribution is 2.34. The summed E-state index contributed by atoms with van der Waals surface area (Å²) in [7, 11) is -1.95. The maximum Gasteiger partial charge on any atom is 0.262 e. The molecule has 0 fully saturated rings. The van der Waals surface area contributed by atoms with Gasteiger partial charge in [0, 0.05) is 7.05 Å². The van der Waals surface area contributed by atoms with E-state index < -0.39 is 16.1 Å². The monoisotopic (exact) mass is 284 g/mol. The van der Waals surface area contributed by atoms with Gasteiger partial charge in [0.2, 0.25) is 10.0 Å². The normalized spacial score (nSPS) is 18.4. The average Bonchev–Trinajstić information content (AvgIpc) is 2.45. The molecule has 0 aliphatic carbocycles. The number of hydrogen-bond acceptors (Lipinski definition) is 4. The third kappa shape index (κ3) is 2.51. The van der Waals surface area contributed by atoms with Crippen molar-refractivity contribution in [1.29, 1.82) is 0 Å². The Bertz CT molecular complexity index is 585. The highest BCUT2D eigenvalue weighted by atomic mass is 32.2. The van der Waals surface area contributed by atoms with Gasteiger partial charge in [0.15, 0.2) is 6.10 Å². The second-order valence-corrected chi connectivity index (χ2v) is 6.30. The molecule has 1 amide bonds. The number of carbonyl (C=O) groups excluding carboxylic acids is 1. The zero-order chi connectivity index (χ0) is 14.0. The maximum atomic E-state index is 12.1. The summed E-state index contributed by atoms with van der Waals surface area (Å²) in [5, 5.41) is 2.47. The molecule has 1 aromatic carbocycles. The van der Waals surface area contributed by atoms with E-state index in [0.717, 1.165) is 0 Å². The van der Waals surface area contributed by atoms with Crippen LogP contribution in [0.25, 0.3) is 0 Å². The Morgan fingerprint density at radius 3 is 2.79 bits per heavy atom. The number of sulfonamides is 1. The van der Waals surface area contributed by atoms with E-state index in [1.807, 2.05) is 0 Å². The summed E-state index contributed by atoms with van der Waals surface area (Å²) in [4.78, 5) is 11.7. The predicted molar refractivity (Wildman–Crippen MR) is 71.7 cm³/mol. The summed E-state index contributed by atoms with van der Waals surface area (Å²) in [5.41, 5.74) is 0.476. The Labute approximate surface area is 112 Å². The van der Waals surface area contributed by atoms with E-state index in [4.69, 9.17) is 4.74 Å². The Hall–Kier alpha value is -1.76. The fourth-order valence-corrected chi connectivity index (χ4v) is 3.04. The summed E-state index contributed by atoms with van der Waals surface area (Å²) in [6, 6.07) is 6.80. The zero-order valence-electron chi connectivity index (χ0n) is 10.8. The molecular formula is C12H16N2O4S. The van der Waals surface area contributed by atoms with Gasteiger partial charge in [-0.25, -0.2) is 8.42 Å². The number of ether oxygens (including phenoxy) is 1. The van der Waals surface area contributed by atoms with Gasteiger partial charge in [-0.15, -0.1) is 0 Å². The molecule has 7 heteroatoms. The van der Waals surface area contributed by atoms with E-state index in [2.05, 4.69) is 5.32 Å². The molecule has 1 atom stereocenters. The molecule has 104 valence electrons. The van der Waals surface area contributed by atoms with Gasteiger partial charge in [-0.05, 0) is 19.1 Å². The van der Waals surface area contributed by atoms with Gasteiger partial charge in [-0.1, -0.05) is 12.1 Å². The third-order valence-electron chi connectivity index (χ3n) is 2.97. The van der Waals surface area contributed by atoms with Crippen LogP contribution in [-0.2, 0) is 14.8 Å². The number of rotatable bonds is 3. The Kier molecular flexibility index (Phi) is 3.66. The molecular weight excluding hydrogens is 268 g/mol. The lowest BCUT2D eigenvalue weighted by Crippen LogP contribution is -2.50. The average molecular weight is 284 g/mol. The van der Waals surface area contributed by atoms with Crippen LogP contribution in [0.1, 0.15) is 6.92 Å². The van der Waals surface area contributed by atoms with Gasteiger partial charge in [0.1, 0.15) is 5.75 Å². The largest absolute Gasteiger partial charge is 0.476 e. The van der Waals surface area contributed by atoms with Gasteiger partial charge < -0.3 is 10.1 Å². The topological polar surface area (TPSA) is 75.7 Å². The summed E-state index contributed by atoms with van der Waals surface area (Å²) >= 11 is 0. The predicted octanol–water partition coefficient (Wildman–Crippen LogP) is 0.350. The molecule has 1 heterocycles. The van der Waals surface area contributed by atoms with Crippen LogP contribution in [0, 0.1) is 0 Å². The SMILES string of the molecule is CCS(=O)(=O)N1CC(C(=O)NC)Oc2ccccc21. The van der Waals surface area contributed by atoms with E-state index in [-0.39, 0.29) is 18.2 Å². The molecule has 1 aromatic rings. The number of hydrogen-bond donors (Lipinski definition) is 1. The standard InChI is InChI=1S/C12H16N2O4S/c1-3-19(16,17)14-8-11(12(15)13-2)18-10-7-5-4-6-9(10)14/h4-7,11H,3,8H2,1-2H3,(H,13,15). The van der Waals surface area contributed by atoms with Crippen LogP contribution in [0.4, 0.5) is 5.69 Å². The lowest BCUT2D eigenvalue weighted by Gasteiger charge is -2.34. The van der Waals surface area contributed by atoms with Crippen molar-refractivity contribution in [2.24, 2.45) is 0 Å². The van der Waals surface area contributed by atoms with Gasteiger partial charge in [-0.3, -0.25) is 9.10 Å². The number of anilines is 1. The molecule has 1 aliphatic heterocycles. The van der Waals surface area contributed by atoms with Crippen molar-refractivity contribution >= 4 is 21.6 Å². The highest BCUT2D eigenvalue weighted by Gasteiger charge is 2.35. The van der Waals surface area contributed by atoms with Crippen LogP contribution in [0.15, 0.2) is 24.3 Å². The number of fused-ring (bicyclic) bond motifs is 1. The van der Waals surface area contributed by atoms with E-state index in [9.17, 15) is 13.2 Å².